The highest BCUT2D eigenvalue weighted by atomic mass is 19.2. The molecule has 0 atom stereocenters. The Hall–Kier alpha value is -2.82. The molecule has 1 aromatic rings. The predicted octanol–water partition coefficient (Wildman–Crippen LogP) is 2.16. The van der Waals surface area contributed by atoms with E-state index in [9.17, 15) is 22.8 Å². The van der Waals surface area contributed by atoms with Crippen LogP contribution in [0.5, 0.6) is 0 Å². The molecule has 5 nitrogen and oxygen atoms in total. The molecule has 0 aliphatic carbocycles. The quantitative estimate of drug-likeness (QED) is 0.225. The summed E-state index contributed by atoms with van der Waals surface area (Å²) in [4.78, 5) is 22.8. The molecule has 0 aromatic heterocycles. The molecule has 1 aromatic carbocycles. The molecule has 0 spiro atoms. The van der Waals surface area contributed by atoms with Gasteiger partial charge in [-0.05, 0) is 13.0 Å². The number of Topliss-reactive ketones (excluding diaryl/α,β-unsaturated/α-hetero) is 1. The molecule has 8 heteroatoms. The second-order valence-electron chi connectivity index (χ2n) is 3.64. The summed E-state index contributed by atoms with van der Waals surface area (Å²) >= 11 is 0. The lowest BCUT2D eigenvalue weighted by Gasteiger charge is -2.06. The number of ketones is 1. The Labute approximate surface area is 116 Å². The van der Waals surface area contributed by atoms with Gasteiger partial charge in [0.15, 0.2) is 17.5 Å². The number of carboxylic acid groups (broad SMARTS) is 1. The van der Waals surface area contributed by atoms with Crippen molar-refractivity contribution in [3.05, 3.63) is 46.5 Å². The van der Waals surface area contributed by atoms with Gasteiger partial charge in [0.25, 0.3) is 0 Å². The van der Waals surface area contributed by atoms with Gasteiger partial charge in [0, 0.05) is 0 Å². The Morgan fingerprint density at radius 3 is 2.48 bits per heavy atom. The van der Waals surface area contributed by atoms with Crippen LogP contribution in [0.2, 0.25) is 0 Å². The average Bonchev–Trinajstić information content (AvgIpc) is 2.43. The summed E-state index contributed by atoms with van der Waals surface area (Å²) in [7, 11) is 0. The van der Waals surface area contributed by atoms with Crippen LogP contribution in [-0.2, 0) is 9.53 Å². The van der Waals surface area contributed by atoms with Crippen molar-refractivity contribution in [1.82, 2.24) is 0 Å². The summed E-state index contributed by atoms with van der Waals surface area (Å²) in [5.74, 6) is -8.21. The Bertz CT molecular complexity index is 677. The van der Waals surface area contributed by atoms with Crippen molar-refractivity contribution in [3.63, 3.8) is 0 Å². The standard InChI is InChI=1S/C13H8F3NO4/c1-2-21-5-8(13(19)20)12(18)6-3-9(14)11(16)7(4-17)10(6)15/h3,5H,2H2,1H3,(H,19,20). The first kappa shape index (κ1) is 16.2. The molecule has 0 fully saturated rings. The fourth-order valence-corrected chi connectivity index (χ4v) is 1.38. The molecule has 1 N–H and O–H groups in total. The molecule has 0 radical (unpaired) electrons. The number of benzene rings is 1. The van der Waals surface area contributed by atoms with Gasteiger partial charge in [-0.25, -0.2) is 18.0 Å². The summed E-state index contributed by atoms with van der Waals surface area (Å²) in [6.45, 7) is 1.54. The van der Waals surface area contributed by atoms with E-state index in [-0.39, 0.29) is 12.7 Å². The lowest BCUT2D eigenvalue weighted by atomic mass is 10.0. The minimum absolute atomic E-state index is 0.0355. The first-order valence-corrected chi connectivity index (χ1v) is 5.52. The van der Waals surface area contributed by atoms with Crippen LogP contribution < -0.4 is 0 Å². The molecule has 0 saturated carbocycles. The number of rotatable bonds is 5. The van der Waals surface area contributed by atoms with Crippen LogP contribution in [0.15, 0.2) is 17.9 Å². The Balaban J connectivity index is 3.47. The van der Waals surface area contributed by atoms with Gasteiger partial charge in [0.05, 0.1) is 12.2 Å². The summed E-state index contributed by atoms with van der Waals surface area (Å²) < 4.78 is 44.8. The number of carbonyl (C=O) groups excluding carboxylic acids is 1. The molecule has 0 amide bonds. The number of aliphatic carboxylic acids is 1. The number of carboxylic acids is 1. The van der Waals surface area contributed by atoms with E-state index in [1.807, 2.05) is 0 Å². The Morgan fingerprint density at radius 1 is 1.38 bits per heavy atom. The van der Waals surface area contributed by atoms with E-state index in [4.69, 9.17) is 10.4 Å². The zero-order valence-electron chi connectivity index (χ0n) is 10.6. The van der Waals surface area contributed by atoms with Crippen LogP contribution in [0.3, 0.4) is 0 Å². The first-order valence-electron chi connectivity index (χ1n) is 5.52. The molecule has 0 unspecified atom stereocenters. The molecule has 0 bridgehead atoms. The summed E-state index contributed by atoms with van der Waals surface area (Å²) in [5.41, 5.74) is -3.36. The van der Waals surface area contributed by atoms with Crippen LogP contribution in [0, 0.1) is 28.8 Å². The maximum atomic E-state index is 13.8. The van der Waals surface area contributed by atoms with Gasteiger partial charge in [0.1, 0.15) is 23.5 Å². The topological polar surface area (TPSA) is 87.4 Å². The normalized spacial score (nSPS) is 10.9. The molecular weight excluding hydrogens is 291 g/mol. The minimum atomic E-state index is -1.75. The molecule has 110 valence electrons. The van der Waals surface area contributed by atoms with Crippen LogP contribution in [0.1, 0.15) is 22.8 Å². The highest BCUT2D eigenvalue weighted by molar-refractivity contribution is 6.23. The van der Waals surface area contributed by atoms with Crippen molar-refractivity contribution in [2.24, 2.45) is 0 Å². The van der Waals surface area contributed by atoms with Gasteiger partial charge in [-0.2, -0.15) is 5.26 Å². The molecule has 0 aliphatic rings. The van der Waals surface area contributed by atoms with E-state index < -0.39 is 45.9 Å². The molecule has 0 saturated heterocycles. The maximum absolute atomic E-state index is 13.8. The summed E-state index contributed by atoms with van der Waals surface area (Å²) in [6.07, 6.45) is 0.567. The second-order valence-corrected chi connectivity index (χ2v) is 3.64. The monoisotopic (exact) mass is 299 g/mol. The van der Waals surface area contributed by atoms with Crippen molar-refractivity contribution in [2.45, 2.75) is 6.92 Å². The number of hydrogen-bond acceptors (Lipinski definition) is 4. The van der Waals surface area contributed by atoms with E-state index >= 15 is 0 Å². The van der Waals surface area contributed by atoms with Gasteiger partial charge in [-0.15, -0.1) is 0 Å². The molecule has 0 heterocycles. The summed E-state index contributed by atoms with van der Waals surface area (Å²) in [6, 6.07) is 1.26. The third-order valence-electron chi connectivity index (χ3n) is 2.36. The molecule has 21 heavy (non-hydrogen) atoms. The largest absolute Gasteiger partial charge is 0.500 e. The van der Waals surface area contributed by atoms with Gasteiger partial charge < -0.3 is 9.84 Å². The van der Waals surface area contributed by atoms with Crippen LogP contribution in [-0.4, -0.2) is 23.5 Å². The number of hydrogen-bond donors (Lipinski definition) is 1. The first-order chi connectivity index (χ1) is 9.84. The molecule has 1 rings (SSSR count). The van der Waals surface area contributed by atoms with Gasteiger partial charge in [0.2, 0.25) is 5.78 Å². The zero-order valence-corrected chi connectivity index (χ0v) is 10.6. The van der Waals surface area contributed by atoms with Crippen LogP contribution in [0.4, 0.5) is 13.2 Å². The third-order valence-corrected chi connectivity index (χ3v) is 2.36. The van der Waals surface area contributed by atoms with Crippen molar-refractivity contribution < 1.29 is 32.6 Å². The van der Waals surface area contributed by atoms with Gasteiger partial charge in [-0.3, -0.25) is 4.79 Å². The molecular formula is C13H8F3NO4. The maximum Gasteiger partial charge on any atom is 0.342 e. The lowest BCUT2D eigenvalue weighted by Crippen LogP contribution is -2.16. The van der Waals surface area contributed by atoms with E-state index in [1.165, 1.54) is 6.92 Å². The Kier molecular flexibility index (Phi) is 5.07. The van der Waals surface area contributed by atoms with E-state index in [1.54, 1.807) is 0 Å². The lowest BCUT2D eigenvalue weighted by molar-refractivity contribution is -0.132. The summed E-state index contributed by atoms with van der Waals surface area (Å²) in [5, 5.41) is 17.4. The van der Waals surface area contributed by atoms with Crippen molar-refractivity contribution in [1.29, 1.82) is 5.26 Å². The van der Waals surface area contributed by atoms with E-state index in [2.05, 4.69) is 4.74 Å². The van der Waals surface area contributed by atoms with Gasteiger partial charge in [-0.1, -0.05) is 0 Å². The van der Waals surface area contributed by atoms with Crippen LogP contribution in [0.25, 0.3) is 0 Å². The number of nitriles is 1. The third kappa shape index (κ3) is 3.20. The average molecular weight is 299 g/mol. The number of carbonyl (C=O) groups is 2. The Morgan fingerprint density at radius 2 is 2.00 bits per heavy atom. The highest BCUT2D eigenvalue weighted by Crippen LogP contribution is 2.22. The number of nitrogens with zero attached hydrogens (tertiary/aromatic N) is 1. The van der Waals surface area contributed by atoms with Crippen molar-refractivity contribution >= 4 is 11.8 Å². The van der Waals surface area contributed by atoms with Gasteiger partial charge >= 0.3 is 5.97 Å². The second kappa shape index (κ2) is 6.56. The highest BCUT2D eigenvalue weighted by Gasteiger charge is 2.27. The smallest absolute Gasteiger partial charge is 0.342 e. The predicted molar refractivity (Wildman–Crippen MR) is 62.7 cm³/mol. The van der Waals surface area contributed by atoms with Crippen molar-refractivity contribution in [3.8, 4) is 6.07 Å². The van der Waals surface area contributed by atoms with Crippen molar-refractivity contribution in [2.75, 3.05) is 6.61 Å². The SMILES string of the molecule is CCOC=C(C(=O)O)C(=O)c1cc(F)c(F)c(C#N)c1F. The van der Waals surface area contributed by atoms with E-state index in [0.29, 0.717) is 6.26 Å². The molecule has 0 aliphatic heterocycles. The number of ether oxygens (including phenoxy) is 1. The zero-order chi connectivity index (χ0) is 16.2. The van der Waals surface area contributed by atoms with E-state index in [0.717, 1.165) is 6.07 Å². The fraction of sp³-hybridized carbons (Fsp3) is 0.154. The van der Waals surface area contributed by atoms with Crippen LogP contribution >= 0.6 is 0 Å². The minimum Gasteiger partial charge on any atom is -0.500 e. The fourth-order valence-electron chi connectivity index (χ4n) is 1.38. The number of halogens is 3.